The molecule has 2 atom stereocenters. The van der Waals surface area contributed by atoms with Crippen LogP contribution >= 0.6 is 11.5 Å². The Balaban J connectivity index is 1.43. The number of halogens is 7. The third kappa shape index (κ3) is 5.17. The number of benzene rings is 1. The van der Waals surface area contributed by atoms with Gasteiger partial charge in [0.1, 0.15) is 12.0 Å². The highest BCUT2D eigenvalue weighted by molar-refractivity contribution is 7.09. The Morgan fingerprint density at radius 1 is 1.03 bits per heavy atom. The van der Waals surface area contributed by atoms with E-state index in [2.05, 4.69) is 24.8 Å². The van der Waals surface area contributed by atoms with Gasteiger partial charge in [0.25, 0.3) is 0 Å². The smallest absolute Gasteiger partial charge is 0.347 e. The minimum absolute atomic E-state index is 0.00308. The van der Waals surface area contributed by atoms with Crippen LogP contribution in [-0.4, -0.2) is 49.3 Å². The number of pyridine rings is 1. The molecular formula is C22H18F7N7S. The van der Waals surface area contributed by atoms with Gasteiger partial charge in [0, 0.05) is 29.8 Å². The number of aryl methyl sites for hydroxylation is 1. The molecule has 3 aromatic heterocycles. The fourth-order valence-electron chi connectivity index (χ4n) is 4.12. The molecular weight excluding hydrogens is 527 g/mol. The van der Waals surface area contributed by atoms with Gasteiger partial charge in [-0.05, 0) is 49.2 Å². The zero-order chi connectivity index (χ0) is 26.5. The molecule has 196 valence electrons. The number of anilines is 2. The summed E-state index contributed by atoms with van der Waals surface area (Å²) in [6.45, 7) is 2.30. The minimum atomic E-state index is -4.99. The van der Waals surface area contributed by atoms with Gasteiger partial charge in [-0.15, -0.1) is 5.10 Å². The monoisotopic (exact) mass is 545 g/mol. The molecule has 5 rings (SSSR count). The van der Waals surface area contributed by atoms with Crippen LogP contribution in [0.2, 0.25) is 0 Å². The van der Waals surface area contributed by atoms with Crippen LogP contribution in [-0.2, 0) is 12.4 Å². The number of hydrogen-bond donors (Lipinski definition) is 1. The van der Waals surface area contributed by atoms with Crippen LogP contribution in [0.1, 0.15) is 23.4 Å². The van der Waals surface area contributed by atoms with E-state index in [0.717, 1.165) is 0 Å². The summed E-state index contributed by atoms with van der Waals surface area (Å²) in [4.78, 5) is 10.3. The maximum atomic E-state index is 15.0. The molecule has 4 aromatic rings. The molecule has 1 aromatic carbocycles. The lowest BCUT2D eigenvalue weighted by Gasteiger charge is -2.34. The standard InChI is InChI=1S/C22H18F7N7S/c1-11-30-20(37-34-11)35-6-4-17(16(23)10-35)31-19-32-18-15(3-2-5-36(18)33-19)12-7-13(21(24,25)26)9-14(8-12)22(27,28)29/h2-3,5,7-9,16-17H,4,6,10H2,1H3,(H,31,33)/t16-,17?/m0/s1. The molecule has 1 fully saturated rings. The van der Waals surface area contributed by atoms with Crippen molar-refractivity contribution in [3.05, 3.63) is 53.5 Å². The van der Waals surface area contributed by atoms with Crippen LogP contribution < -0.4 is 10.2 Å². The Hall–Kier alpha value is -3.49. The maximum Gasteiger partial charge on any atom is 0.416 e. The van der Waals surface area contributed by atoms with Gasteiger partial charge in [0.05, 0.1) is 23.7 Å². The normalized spacial score (nSPS) is 19.0. The Morgan fingerprint density at radius 3 is 2.32 bits per heavy atom. The molecule has 0 amide bonds. The van der Waals surface area contributed by atoms with E-state index in [-0.39, 0.29) is 35.3 Å². The molecule has 0 aliphatic carbocycles. The first-order valence-electron chi connectivity index (χ1n) is 11.0. The lowest BCUT2D eigenvalue weighted by molar-refractivity contribution is -0.143. The molecule has 1 N–H and O–H groups in total. The van der Waals surface area contributed by atoms with Crippen molar-refractivity contribution in [1.82, 2.24) is 24.0 Å². The highest BCUT2D eigenvalue weighted by atomic mass is 32.1. The van der Waals surface area contributed by atoms with Gasteiger partial charge in [0.2, 0.25) is 11.1 Å². The van der Waals surface area contributed by atoms with Crippen LogP contribution in [0, 0.1) is 6.92 Å². The first-order valence-corrected chi connectivity index (χ1v) is 11.8. The summed E-state index contributed by atoms with van der Waals surface area (Å²) in [7, 11) is 0. The summed E-state index contributed by atoms with van der Waals surface area (Å²) in [5.74, 6) is 0.604. The lowest BCUT2D eigenvalue weighted by atomic mass is 10.00. The van der Waals surface area contributed by atoms with Crippen molar-refractivity contribution in [2.24, 2.45) is 0 Å². The predicted molar refractivity (Wildman–Crippen MR) is 122 cm³/mol. The Bertz CT molecular complexity index is 1400. The number of rotatable bonds is 4. The molecule has 37 heavy (non-hydrogen) atoms. The Labute approximate surface area is 209 Å². The molecule has 0 bridgehead atoms. The van der Waals surface area contributed by atoms with Gasteiger partial charge in [-0.2, -0.15) is 35.7 Å². The first-order chi connectivity index (χ1) is 17.4. The molecule has 0 saturated carbocycles. The van der Waals surface area contributed by atoms with E-state index in [1.54, 1.807) is 11.8 Å². The minimum Gasteiger partial charge on any atom is -0.347 e. The zero-order valence-corrected chi connectivity index (χ0v) is 19.8. The van der Waals surface area contributed by atoms with Crippen molar-refractivity contribution in [3.63, 3.8) is 0 Å². The molecule has 1 aliphatic heterocycles. The zero-order valence-electron chi connectivity index (χ0n) is 19.0. The van der Waals surface area contributed by atoms with E-state index < -0.39 is 35.7 Å². The largest absolute Gasteiger partial charge is 0.416 e. The van der Waals surface area contributed by atoms with Crippen LogP contribution in [0.5, 0.6) is 0 Å². The van der Waals surface area contributed by atoms with E-state index in [4.69, 9.17) is 0 Å². The van der Waals surface area contributed by atoms with Gasteiger partial charge in [-0.1, -0.05) is 0 Å². The van der Waals surface area contributed by atoms with Crippen molar-refractivity contribution >= 4 is 28.3 Å². The van der Waals surface area contributed by atoms with Gasteiger partial charge < -0.3 is 10.2 Å². The second-order valence-electron chi connectivity index (χ2n) is 8.55. The number of hydrogen-bond acceptors (Lipinski definition) is 7. The summed E-state index contributed by atoms with van der Waals surface area (Å²) in [5, 5.41) is 7.73. The summed E-state index contributed by atoms with van der Waals surface area (Å²) in [5.41, 5.74) is -3.16. The quantitative estimate of drug-likeness (QED) is 0.336. The second kappa shape index (κ2) is 9.11. The molecule has 0 spiro atoms. The number of nitrogens with one attached hydrogen (secondary N) is 1. The number of alkyl halides is 7. The van der Waals surface area contributed by atoms with Crippen molar-refractivity contribution in [2.75, 3.05) is 23.3 Å². The van der Waals surface area contributed by atoms with Gasteiger partial charge in [-0.25, -0.2) is 13.9 Å². The van der Waals surface area contributed by atoms with Gasteiger partial charge in [0.15, 0.2) is 5.65 Å². The Kier molecular flexibility index (Phi) is 6.20. The molecule has 4 heterocycles. The summed E-state index contributed by atoms with van der Waals surface area (Å²) in [6.07, 6.45) is -9.46. The van der Waals surface area contributed by atoms with E-state index in [1.807, 2.05) is 0 Å². The van der Waals surface area contributed by atoms with Crippen molar-refractivity contribution < 1.29 is 30.7 Å². The number of nitrogens with zero attached hydrogens (tertiary/aromatic N) is 6. The molecule has 0 radical (unpaired) electrons. The van der Waals surface area contributed by atoms with Gasteiger partial charge in [-0.3, -0.25) is 0 Å². The molecule has 1 aliphatic rings. The Morgan fingerprint density at radius 2 is 1.73 bits per heavy atom. The van der Waals surface area contributed by atoms with E-state index >= 15 is 0 Å². The molecule has 15 heteroatoms. The van der Waals surface area contributed by atoms with E-state index in [9.17, 15) is 30.7 Å². The summed E-state index contributed by atoms with van der Waals surface area (Å²) >= 11 is 1.18. The molecule has 1 unspecified atom stereocenters. The first kappa shape index (κ1) is 25.2. The van der Waals surface area contributed by atoms with Crippen molar-refractivity contribution in [3.8, 4) is 11.1 Å². The lowest BCUT2D eigenvalue weighted by Crippen LogP contribution is -2.48. The number of aromatic nitrogens is 5. The highest BCUT2D eigenvalue weighted by Gasteiger charge is 2.37. The fourth-order valence-corrected chi connectivity index (χ4v) is 4.83. The van der Waals surface area contributed by atoms with E-state index in [1.165, 1.54) is 34.4 Å². The second-order valence-corrected chi connectivity index (χ2v) is 9.28. The SMILES string of the molecule is Cc1nsc(N2CCC(Nc3nc4c(-c5cc(C(F)(F)F)cc(C(F)(F)F)c5)cccn4n3)[C@@H](F)C2)n1. The average Bonchev–Trinajstić information content (AvgIpc) is 3.44. The average molecular weight is 545 g/mol. The van der Waals surface area contributed by atoms with Crippen LogP contribution in [0.15, 0.2) is 36.5 Å². The van der Waals surface area contributed by atoms with Crippen LogP contribution in [0.25, 0.3) is 16.8 Å². The third-order valence-electron chi connectivity index (χ3n) is 5.90. The highest BCUT2D eigenvalue weighted by Crippen LogP contribution is 2.39. The van der Waals surface area contributed by atoms with Crippen molar-refractivity contribution in [2.45, 2.75) is 37.9 Å². The fraction of sp³-hybridized carbons (Fsp3) is 0.364. The summed E-state index contributed by atoms with van der Waals surface area (Å²) < 4.78 is 100. The predicted octanol–water partition coefficient (Wildman–Crippen LogP) is 5.62. The topological polar surface area (TPSA) is 71.2 Å². The van der Waals surface area contributed by atoms with Crippen LogP contribution in [0.4, 0.5) is 41.8 Å². The summed E-state index contributed by atoms with van der Waals surface area (Å²) in [6, 6.07) is 3.45. The maximum absolute atomic E-state index is 15.0. The van der Waals surface area contributed by atoms with E-state index in [0.29, 0.717) is 36.1 Å². The number of piperidine rings is 1. The number of fused-ring (bicyclic) bond motifs is 1. The van der Waals surface area contributed by atoms with Gasteiger partial charge >= 0.3 is 12.4 Å². The molecule has 7 nitrogen and oxygen atoms in total. The molecule has 1 saturated heterocycles. The van der Waals surface area contributed by atoms with Crippen molar-refractivity contribution in [1.29, 1.82) is 0 Å². The third-order valence-corrected chi connectivity index (χ3v) is 6.77. The van der Waals surface area contributed by atoms with Crippen LogP contribution in [0.3, 0.4) is 0 Å².